The van der Waals surface area contributed by atoms with Gasteiger partial charge in [0.2, 0.25) is 0 Å². The van der Waals surface area contributed by atoms with Gasteiger partial charge in [-0.2, -0.15) is 0 Å². The molecule has 118 valence electrons. The Labute approximate surface area is 137 Å². The topological polar surface area (TPSA) is 90.4 Å². The van der Waals surface area contributed by atoms with Gasteiger partial charge in [-0.3, -0.25) is 10.1 Å². The SMILES string of the molecule is O=C(COc1ccccc1F)Nc1nnc(-c2ccc(Br)o2)o1. The molecule has 0 aliphatic rings. The van der Waals surface area contributed by atoms with Crippen molar-refractivity contribution in [2.75, 3.05) is 11.9 Å². The molecular formula is C14H9BrFN3O4. The summed E-state index contributed by atoms with van der Waals surface area (Å²) in [4.78, 5) is 11.7. The average molecular weight is 382 g/mol. The number of halogens is 2. The van der Waals surface area contributed by atoms with Gasteiger partial charge in [-0.05, 0) is 40.2 Å². The third-order valence-corrected chi connectivity index (χ3v) is 3.08. The molecule has 0 saturated carbocycles. The number of benzene rings is 1. The number of nitrogens with one attached hydrogen (secondary N) is 1. The van der Waals surface area contributed by atoms with Gasteiger partial charge in [0.15, 0.2) is 28.6 Å². The van der Waals surface area contributed by atoms with Gasteiger partial charge in [-0.1, -0.05) is 17.2 Å². The highest BCUT2D eigenvalue weighted by atomic mass is 79.9. The van der Waals surface area contributed by atoms with Crippen LogP contribution in [0.1, 0.15) is 0 Å². The Morgan fingerprint density at radius 2 is 2.04 bits per heavy atom. The van der Waals surface area contributed by atoms with Crippen molar-refractivity contribution in [2.24, 2.45) is 0 Å². The lowest BCUT2D eigenvalue weighted by Crippen LogP contribution is -2.20. The van der Waals surface area contributed by atoms with Gasteiger partial charge in [0, 0.05) is 0 Å². The van der Waals surface area contributed by atoms with Crippen LogP contribution >= 0.6 is 15.9 Å². The van der Waals surface area contributed by atoms with Crippen LogP contribution < -0.4 is 10.1 Å². The van der Waals surface area contributed by atoms with Crippen LogP contribution in [0.3, 0.4) is 0 Å². The Morgan fingerprint density at radius 1 is 1.22 bits per heavy atom. The summed E-state index contributed by atoms with van der Waals surface area (Å²) in [6, 6.07) is 8.96. The molecule has 23 heavy (non-hydrogen) atoms. The molecule has 0 aliphatic heterocycles. The van der Waals surface area contributed by atoms with E-state index in [4.69, 9.17) is 13.6 Å². The first-order chi connectivity index (χ1) is 11.1. The van der Waals surface area contributed by atoms with Crippen LogP contribution in [0, 0.1) is 5.82 Å². The standard InChI is InChI=1S/C14H9BrFN3O4/c15-11-6-5-10(22-11)13-18-19-14(23-13)17-12(20)7-21-9-4-2-1-3-8(9)16/h1-6H,7H2,(H,17,19,20). The Morgan fingerprint density at radius 3 is 2.78 bits per heavy atom. The van der Waals surface area contributed by atoms with Crippen LogP contribution in [-0.4, -0.2) is 22.7 Å². The molecule has 0 unspecified atom stereocenters. The maximum Gasteiger partial charge on any atom is 0.322 e. The molecule has 0 spiro atoms. The predicted molar refractivity (Wildman–Crippen MR) is 80.2 cm³/mol. The van der Waals surface area contributed by atoms with E-state index in [0.717, 1.165) is 0 Å². The quantitative estimate of drug-likeness (QED) is 0.729. The summed E-state index contributed by atoms with van der Waals surface area (Å²) < 4.78 is 29.4. The third-order valence-electron chi connectivity index (χ3n) is 2.65. The van der Waals surface area contributed by atoms with Crippen LogP contribution in [0.2, 0.25) is 0 Å². The molecule has 2 heterocycles. The molecule has 0 aliphatic carbocycles. The van der Waals surface area contributed by atoms with Crippen molar-refractivity contribution >= 4 is 27.9 Å². The molecule has 1 aromatic carbocycles. The molecule has 0 atom stereocenters. The zero-order valence-corrected chi connectivity index (χ0v) is 13.0. The number of hydrogen-bond donors (Lipinski definition) is 1. The van der Waals surface area contributed by atoms with E-state index in [9.17, 15) is 9.18 Å². The number of anilines is 1. The number of carbonyl (C=O) groups is 1. The van der Waals surface area contributed by atoms with E-state index >= 15 is 0 Å². The first-order valence-electron chi connectivity index (χ1n) is 6.38. The molecule has 2 aromatic heterocycles. The van der Waals surface area contributed by atoms with Crippen molar-refractivity contribution in [3.05, 3.63) is 46.9 Å². The lowest BCUT2D eigenvalue weighted by molar-refractivity contribution is -0.118. The second-order valence-corrected chi connectivity index (χ2v) is 5.06. The number of furan rings is 1. The van der Waals surface area contributed by atoms with E-state index in [-0.39, 0.29) is 17.7 Å². The third kappa shape index (κ3) is 3.75. The number of para-hydroxylation sites is 1. The fourth-order valence-electron chi connectivity index (χ4n) is 1.66. The summed E-state index contributed by atoms with van der Waals surface area (Å²) in [5.41, 5.74) is 0. The van der Waals surface area contributed by atoms with Crippen molar-refractivity contribution < 1.29 is 22.8 Å². The van der Waals surface area contributed by atoms with Gasteiger partial charge in [-0.15, -0.1) is 5.10 Å². The summed E-state index contributed by atoms with van der Waals surface area (Å²) in [6.45, 7) is -0.398. The van der Waals surface area contributed by atoms with Crippen molar-refractivity contribution in [1.82, 2.24) is 10.2 Å². The first kappa shape index (κ1) is 15.2. The maximum atomic E-state index is 13.3. The number of carbonyl (C=O) groups excluding carboxylic acids is 1. The Hall–Kier alpha value is -2.68. The van der Waals surface area contributed by atoms with E-state index in [1.165, 1.54) is 18.2 Å². The van der Waals surface area contributed by atoms with Gasteiger partial charge in [0.05, 0.1) is 0 Å². The van der Waals surface area contributed by atoms with Crippen LogP contribution in [-0.2, 0) is 4.79 Å². The van der Waals surface area contributed by atoms with Crippen molar-refractivity contribution in [1.29, 1.82) is 0 Å². The Bertz CT molecular complexity index is 833. The van der Waals surface area contributed by atoms with Crippen LogP contribution in [0.15, 0.2) is 49.9 Å². The second kappa shape index (κ2) is 6.61. The number of aromatic nitrogens is 2. The molecular weight excluding hydrogens is 373 g/mol. The van der Waals surface area contributed by atoms with Gasteiger partial charge >= 0.3 is 6.01 Å². The molecule has 0 bridgehead atoms. The second-order valence-electron chi connectivity index (χ2n) is 4.28. The van der Waals surface area contributed by atoms with Gasteiger partial charge in [-0.25, -0.2) is 4.39 Å². The smallest absolute Gasteiger partial charge is 0.322 e. The minimum atomic E-state index is -0.566. The molecule has 9 heteroatoms. The maximum absolute atomic E-state index is 13.3. The molecule has 1 N–H and O–H groups in total. The number of rotatable bonds is 5. The number of ether oxygens (including phenoxy) is 1. The van der Waals surface area contributed by atoms with Gasteiger partial charge in [0.25, 0.3) is 11.8 Å². The van der Waals surface area contributed by atoms with E-state index < -0.39 is 18.3 Å². The van der Waals surface area contributed by atoms with Crippen molar-refractivity contribution in [3.8, 4) is 17.4 Å². The number of hydrogen-bond acceptors (Lipinski definition) is 6. The highest BCUT2D eigenvalue weighted by Gasteiger charge is 2.14. The molecule has 1 amide bonds. The van der Waals surface area contributed by atoms with E-state index in [2.05, 4.69) is 31.4 Å². The average Bonchev–Trinajstić information content (AvgIpc) is 3.15. The number of nitrogens with zero attached hydrogens (tertiary/aromatic N) is 2. The van der Waals surface area contributed by atoms with E-state index in [0.29, 0.717) is 10.4 Å². The minimum absolute atomic E-state index is 0.0192. The zero-order chi connectivity index (χ0) is 16.2. The van der Waals surface area contributed by atoms with Crippen LogP contribution in [0.5, 0.6) is 5.75 Å². The summed E-state index contributed by atoms with van der Waals surface area (Å²) in [6.07, 6.45) is 0. The lowest BCUT2D eigenvalue weighted by Gasteiger charge is -2.05. The van der Waals surface area contributed by atoms with Crippen molar-refractivity contribution in [3.63, 3.8) is 0 Å². The molecule has 7 nitrogen and oxygen atoms in total. The van der Waals surface area contributed by atoms with Crippen LogP contribution in [0.25, 0.3) is 11.7 Å². The molecule has 3 aromatic rings. The van der Waals surface area contributed by atoms with Gasteiger partial charge < -0.3 is 13.6 Å². The summed E-state index contributed by atoms with van der Waals surface area (Å²) in [7, 11) is 0. The molecule has 0 fully saturated rings. The van der Waals surface area contributed by atoms with Gasteiger partial charge in [0.1, 0.15) is 0 Å². The van der Waals surface area contributed by atoms with Crippen LogP contribution in [0.4, 0.5) is 10.4 Å². The fourth-order valence-corrected chi connectivity index (χ4v) is 1.97. The normalized spacial score (nSPS) is 10.5. The molecule has 0 saturated heterocycles. The Balaban J connectivity index is 1.58. The zero-order valence-electron chi connectivity index (χ0n) is 11.5. The minimum Gasteiger partial charge on any atom is -0.481 e. The molecule has 0 radical (unpaired) electrons. The highest BCUT2D eigenvalue weighted by molar-refractivity contribution is 9.10. The highest BCUT2D eigenvalue weighted by Crippen LogP contribution is 2.24. The predicted octanol–water partition coefficient (Wildman–Crippen LogP) is 3.25. The van der Waals surface area contributed by atoms with Crippen molar-refractivity contribution in [2.45, 2.75) is 0 Å². The first-order valence-corrected chi connectivity index (χ1v) is 7.17. The summed E-state index contributed by atoms with van der Waals surface area (Å²) in [5.74, 6) is -0.671. The largest absolute Gasteiger partial charge is 0.481 e. The fraction of sp³-hybridized carbons (Fsp3) is 0.0714. The summed E-state index contributed by atoms with van der Waals surface area (Å²) in [5, 5.41) is 9.75. The molecule has 3 rings (SSSR count). The summed E-state index contributed by atoms with van der Waals surface area (Å²) >= 11 is 3.15. The Kier molecular flexibility index (Phi) is 4.38. The van der Waals surface area contributed by atoms with E-state index in [1.807, 2.05) is 0 Å². The lowest BCUT2D eigenvalue weighted by atomic mass is 10.3. The van der Waals surface area contributed by atoms with E-state index in [1.54, 1.807) is 18.2 Å². The number of amides is 1. The monoisotopic (exact) mass is 381 g/mol.